The molecule has 0 bridgehead atoms. The Morgan fingerprint density at radius 1 is 1.03 bits per heavy atom. The first kappa shape index (κ1) is 18.5. The molecule has 0 saturated carbocycles. The number of benzene rings is 2. The third-order valence-electron chi connectivity index (χ3n) is 4.77. The lowest BCUT2D eigenvalue weighted by Gasteiger charge is -2.29. The molecule has 0 fully saturated rings. The van der Waals surface area contributed by atoms with Gasteiger partial charge < -0.3 is 16.0 Å². The van der Waals surface area contributed by atoms with Crippen LogP contribution >= 0.6 is 0 Å². The number of carbonyl (C=O) groups excluding carboxylic acids is 2. The molecule has 1 aromatic heterocycles. The van der Waals surface area contributed by atoms with E-state index in [9.17, 15) is 14.0 Å². The van der Waals surface area contributed by atoms with Crippen molar-refractivity contribution in [3.05, 3.63) is 82.9 Å². The van der Waals surface area contributed by atoms with Crippen LogP contribution in [0, 0.1) is 5.82 Å². The maximum Gasteiger partial charge on any atom is 0.254 e. The Morgan fingerprint density at radius 3 is 2.55 bits per heavy atom. The first-order valence-corrected chi connectivity index (χ1v) is 9.05. The lowest BCUT2D eigenvalue weighted by molar-refractivity contribution is 0.0734. The number of halogens is 1. The third kappa shape index (κ3) is 4.06. The number of rotatable bonds is 4. The number of anilines is 2. The number of fused-ring (bicyclic) bond motifs is 1. The molecule has 0 spiro atoms. The van der Waals surface area contributed by atoms with Gasteiger partial charge >= 0.3 is 0 Å². The van der Waals surface area contributed by atoms with Crippen molar-refractivity contribution >= 4 is 23.5 Å². The fourth-order valence-corrected chi connectivity index (χ4v) is 3.26. The fraction of sp³-hybridized carbons (Fsp3) is 0.143. The maximum atomic E-state index is 13.4. The van der Waals surface area contributed by atoms with E-state index in [1.165, 1.54) is 30.6 Å². The van der Waals surface area contributed by atoms with Crippen LogP contribution in [-0.4, -0.2) is 33.2 Å². The predicted molar refractivity (Wildman–Crippen MR) is 105 cm³/mol. The van der Waals surface area contributed by atoms with E-state index in [2.05, 4.69) is 15.3 Å². The molecule has 1 aliphatic rings. The van der Waals surface area contributed by atoms with Crippen molar-refractivity contribution in [2.45, 2.75) is 13.0 Å². The maximum absolute atomic E-state index is 13.4. The van der Waals surface area contributed by atoms with E-state index >= 15 is 0 Å². The molecule has 2 aromatic carbocycles. The molecule has 2 heterocycles. The van der Waals surface area contributed by atoms with Crippen molar-refractivity contribution in [1.82, 2.24) is 14.9 Å². The van der Waals surface area contributed by atoms with Crippen LogP contribution in [0.1, 0.15) is 31.8 Å². The van der Waals surface area contributed by atoms with Crippen LogP contribution in [0.2, 0.25) is 0 Å². The number of nitrogens with two attached hydrogens (primary N) is 1. The molecule has 7 nitrogen and oxygen atoms in total. The number of carbonyl (C=O) groups is 2. The lowest BCUT2D eigenvalue weighted by atomic mass is 9.98. The Labute approximate surface area is 166 Å². The topological polar surface area (TPSA) is 101 Å². The molecule has 29 heavy (non-hydrogen) atoms. The van der Waals surface area contributed by atoms with Gasteiger partial charge in [0.1, 0.15) is 5.82 Å². The molecular formula is C21H18FN5O2. The Hall–Kier alpha value is -3.81. The molecule has 0 atom stereocenters. The lowest BCUT2D eigenvalue weighted by Crippen LogP contribution is -2.36. The van der Waals surface area contributed by atoms with Crippen molar-refractivity contribution in [2.24, 2.45) is 5.73 Å². The molecule has 1 aliphatic heterocycles. The van der Waals surface area contributed by atoms with Gasteiger partial charge in [0.05, 0.1) is 5.56 Å². The van der Waals surface area contributed by atoms with E-state index in [-0.39, 0.29) is 11.5 Å². The number of hydrogen-bond acceptors (Lipinski definition) is 5. The van der Waals surface area contributed by atoms with E-state index in [1.807, 2.05) is 18.2 Å². The van der Waals surface area contributed by atoms with Gasteiger partial charge in [0.15, 0.2) is 0 Å². The van der Waals surface area contributed by atoms with Crippen molar-refractivity contribution < 1.29 is 14.0 Å². The van der Waals surface area contributed by atoms with E-state index in [1.54, 1.807) is 11.0 Å². The first-order chi connectivity index (χ1) is 14.0. The summed E-state index contributed by atoms with van der Waals surface area (Å²) in [5, 5.41) is 3.08. The standard InChI is InChI=1S/C21H18FN5O2/c22-17-3-1-2-14(8-17)20(29)27-7-6-13-4-5-18(9-15(13)12-27)26-21-24-10-16(11-25-21)19(23)28/h1-5,8-11H,6-7,12H2,(H2,23,28)(H,24,25,26). The van der Waals surface area contributed by atoms with Gasteiger partial charge in [0.2, 0.25) is 5.95 Å². The third-order valence-corrected chi connectivity index (χ3v) is 4.77. The molecule has 0 radical (unpaired) electrons. The second-order valence-electron chi connectivity index (χ2n) is 6.76. The highest BCUT2D eigenvalue weighted by molar-refractivity contribution is 5.94. The van der Waals surface area contributed by atoms with Crippen molar-refractivity contribution in [3.8, 4) is 0 Å². The molecule has 0 saturated heterocycles. The van der Waals surface area contributed by atoms with Crippen LogP contribution in [0.3, 0.4) is 0 Å². The largest absolute Gasteiger partial charge is 0.366 e. The summed E-state index contributed by atoms with van der Waals surface area (Å²) in [6.45, 7) is 1.01. The molecular weight excluding hydrogens is 373 g/mol. The second-order valence-corrected chi connectivity index (χ2v) is 6.76. The predicted octanol–water partition coefficient (Wildman–Crippen LogP) is 2.66. The van der Waals surface area contributed by atoms with Gasteiger partial charge in [-0.2, -0.15) is 0 Å². The molecule has 8 heteroatoms. The molecule has 0 unspecified atom stereocenters. The quantitative estimate of drug-likeness (QED) is 0.712. The minimum Gasteiger partial charge on any atom is -0.366 e. The zero-order valence-corrected chi connectivity index (χ0v) is 15.4. The fourth-order valence-electron chi connectivity index (χ4n) is 3.26. The highest BCUT2D eigenvalue weighted by atomic mass is 19.1. The van der Waals surface area contributed by atoms with E-state index in [0.717, 1.165) is 23.2 Å². The van der Waals surface area contributed by atoms with E-state index in [4.69, 9.17) is 5.73 Å². The van der Waals surface area contributed by atoms with Crippen LogP contribution in [0.5, 0.6) is 0 Å². The van der Waals surface area contributed by atoms with Gasteiger partial charge in [0, 0.05) is 36.7 Å². The second kappa shape index (κ2) is 7.67. The molecule has 3 aromatic rings. The molecule has 146 valence electrons. The van der Waals surface area contributed by atoms with Crippen LogP contribution < -0.4 is 11.1 Å². The molecule has 2 amide bonds. The number of aromatic nitrogens is 2. The summed E-state index contributed by atoms with van der Waals surface area (Å²) < 4.78 is 13.4. The van der Waals surface area contributed by atoms with E-state index < -0.39 is 11.7 Å². The number of nitrogens with zero attached hydrogens (tertiary/aromatic N) is 3. The van der Waals surface area contributed by atoms with Gasteiger partial charge in [-0.25, -0.2) is 14.4 Å². The Balaban J connectivity index is 1.51. The summed E-state index contributed by atoms with van der Waals surface area (Å²) in [4.78, 5) is 33.7. The van der Waals surface area contributed by atoms with Gasteiger partial charge in [0.25, 0.3) is 11.8 Å². The van der Waals surface area contributed by atoms with Crippen LogP contribution in [0.15, 0.2) is 54.9 Å². The minimum atomic E-state index is -0.589. The number of amides is 2. The SMILES string of the molecule is NC(=O)c1cnc(Nc2ccc3c(c2)CN(C(=O)c2cccc(F)c2)CC3)nc1. The summed E-state index contributed by atoms with van der Waals surface area (Å²) in [6, 6.07) is 11.6. The Kier molecular flexibility index (Phi) is 4.90. The Morgan fingerprint density at radius 2 is 1.83 bits per heavy atom. The normalized spacial score (nSPS) is 12.9. The molecule has 4 rings (SSSR count). The molecule has 3 N–H and O–H groups in total. The zero-order valence-electron chi connectivity index (χ0n) is 15.4. The number of nitrogens with one attached hydrogen (secondary N) is 1. The number of primary amides is 1. The summed E-state index contributed by atoms with van der Waals surface area (Å²) >= 11 is 0. The van der Waals surface area contributed by atoms with E-state index in [0.29, 0.717) is 24.6 Å². The Bertz CT molecular complexity index is 1080. The highest BCUT2D eigenvalue weighted by Gasteiger charge is 2.22. The summed E-state index contributed by atoms with van der Waals surface area (Å²) in [5.74, 6) is -0.882. The monoisotopic (exact) mass is 391 g/mol. The zero-order chi connectivity index (χ0) is 20.4. The summed E-state index contributed by atoms with van der Waals surface area (Å²) in [7, 11) is 0. The van der Waals surface area contributed by atoms with Crippen molar-refractivity contribution in [3.63, 3.8) is 0 Å². The number of hydrogen-bond donors (Lipinski definition) is 2. The average Bonchev–Trinajstić information content (AvgIpc) is 2.73. The van der Waals surface area contributed by atoms with Crippen LogP contribution in [0.25, 0.3) is 0 Å². The van der Waals surface area contributed by atoms with Gasteiger partial charge in [-0.15, -0.1) is 0 Å². The molecule has 0 aliphatic carbocycles. The minimum absolute atomic E-state index is 0.195. The van der Waals surface area contributed by atoms with Crippen LogP contribution in [0.4, 0.5) is 16.0 Å². The van der Waals surface area contributed by atoms with Gasteiger partial charge in [-0.3, -0.25) is 9.59 Å². The first-order valence-electron chi connectivity index (χ1n) is 9.05. The van der Waals surface area contributed by atoms with Crippen LogP contribution in [-0.2, 0) is 13.0 Å². The van der Waals surface area contributed by atoms with Gasteiger partial charge in [-0.05, 0) is 47.9 Å². The summed E-state index contributed by atoms with van der Waals surface area (Å²) in [5.41, 5.74) is 8.67. The van der Waals surface area contributed by atoms with Gasteiger partial charge in [-0.1, -0.05) is 12.1 Å². The van der Waals surface area contributed by atoms with Crippen molar-refractivity contribution in [1.29, 1.82) is 0 Å². The summed E-state index contributed by atoms with van der Waals surface area (Å²) in [6.07, 6.45) is 3.44. The smallest absolute Gasteiger partial charge is 0.254 e. The average molecular weight is 391 g/mol. The highest BCUT2D eigenvalue weighted by Crippen LogP contribution is 2.25. The van der Waals surface area contributed by atoms with Crippen molar-refractivity contribution in [2.75, 3.05) is 11.9 Å².